The second kappa shape index (κ2) is 5.13. The first-order chi connectivity index (χ1) is 11.5. The first-order valence-corrected chi connectivity index (χ1v) is 8.10. The Balaban J connectivity index is 2.01. The summed E-state index contributed by atoms with van der Waals surface area (Å²) in [5.41, 5.74) is 7.09. The third-order valence-corrected chi connectivity index (χ3v) is 5.08. The van der Waals surface area contributed by atoms with Crippen LogP contribution in [0.25, 0.3) is 27.4 Å². The van der Waals surface area contributed by atoms with Crippen molar-refractivity contribution in [2.24, 2.45) is 7.05 Å². The lowest BCUT2D eigenvalue weighted by Crippen LogP contribution is -1.94. The smallest absolute Gasteiger partial charge is 0.118 e. The van der Waals surface area contributed by atoms with Crippen LogP contribution in [0.4, 0.5) is 0 Å². The quantitative estimate of drug-likeness (QED) is 0.547. The van der Waals surface area contributed by atoms with Crippen LogP contribution in [0.3, 0.4) is 0 Å². The van der Waals surface area contributed by atoms with E-state index >= 15 is 0 Å². The molecule has 0 spiro atoms. The minimum Gasteiger partial charge on any atom is -0.497 e. The zero-order valence-corrected chi connectivity index (χ0v) is 14.7. The van der Waals surface area contributed by atoms with Crippen LogP contribution in [0.1, 0.15) is 17.1 Å². The molecule has 0 N–H and O–H groups in total. The molecule has 3 aromatic heterocycles. The summed E-state index contributed by atoms with van der Waals surface area (Å²) in [6, 6.07) is 10.4. The summed E-state index contributed by atoms with van der Waals surface area (Å²) >= 11 is 0. The first kappa shape index (κ1) is 14.8. The number of benzene rings is 1. The fourth-order valence-corrected chi connectivity index (χ4v) is 3.58. The molecule has 4 aromatic rings. The highest BCUT2D eigenvalue weighted by Crippen LogP contribution is 2.33. The van der Waals surface area contributed by atoms with Crippen molar-refractivity contribution >= 4 is 16.3 Å². The van der Waals surface area contributed by atoms with Crippen molar-refractivity contribution in [3.05, 3.63) is 53.6 Å². The van der Waals surface area contributed by atoms with Crippen molar-refractivity contribution in [1.29, 1.82) is 0 Å². The maximum absolute atomic E-state index is 5.25. The number of hydrogen-bond acceptors (Lipinski definition) is 2. The van der Waals surface area contributed by atoms with Gasteiger partial charge in [0, 0.05) is 41.0 Å². The molecule has 0 saturated carbocycles. The molecule has 0 fully saturated rings. The van der Waals surface area contributed by atoms with Crippen LogP contribution >= 0.6 is 0 Å². The number of nitrogens with zero attached hydrogens (tertiary/aromatic N) is 3. The van der Waals surface area contributed by atoms with Crippen molar-refractivity contribution in [3.8, 4) is 16.9 Å². The highest BCUT2D eigenvalue weighted by molar-refractivity contribution is 6.02. The minimum absolute atomic E-state index is 0.869. The van der Waals surface area contributed by atoms with Crippen LogP contribution < -0.4 is 4.74 Å². The number of methoxy groups -OCH3 is 1. The van der Waals surface area contributed by atoms with Crippen LogP contribution in [0.15, 0.2) is 36.5 Å². The standard InChI is InChI=1S/C20H21N3O/c1-12-19-13(2)22(4)14(3)20(19)18-10-16(11-23(18)21-12)15-6-8-17(24-5)9-7-15/h6-11H,1-5H3. The van der Waals surface area contributed by atoms with Gasteiger partial charge in [0.1, 0.15) is 5.75 Å². The van der Waals surface area contributed by atoms with Gasteiger partial charge >= 0.3 is 0 Å². The second-order valence-corrected chi connectivity index (χ2v) is 6.35. The number of rotatable bonds is 2. The Labute approximate surface area is 141 Å². The monoisotopic (exact) mass is 319 g/mol. The lowest BCUT2D eigenvalue weighted by atomic mass is 10.1. The summed E-state index contributed by atoms with van der Waals surface area (Å²) in [6.45, 7) is 6.42. The Bertz CT molecular complexity index is 1070. The Morgan fingerprint density at radius 3 is 2.25 bits per heavy atom. The average Bonchev–Trinajstić information content (AvgIpc) is 3.10. The topological polar surface area (TPSA) is 31.5 Å². The maximum Gasteiger partial charge on any atom is 0.118 e. The summed E-state index contributed by atoms with van der Waals surface area (Å²) in [7, 11) is 3.81. The van der Waals surface area contributed by atoms with Crippen LogP contribution in [0, 0.1) is 20.8 Å². The van der Waals surface area contributed by atoms with E-state index in [4.69, 9.17) is 9.84 Å². The van der Waals surface area contributed by atoms with Gasteiger partial charge in [0.2, 0.25) is 0 Å². The van der Waals surface area contributed by atoms with Gasteiger partial charge in [0.05, 0.1) is 18.3 Å². The van der Waals surface area contributed by atoms with E-state index < -0.39 is 0 Å². The van der Waals surface area contributed by atoms with E-state index in [-0.39, 0.29) is 0 Å². The molecular formula is C20H21N3O. The molecule has 0 saturated heterocycles. The van der Waals surface area contributed by atoms with Gasteiger partial charge in [-0.05, 0) is 44.5 Å². The Morgan fingerprint density at radius 1 is 0.917 bits per heavy atom. The lowest BCUT2D eigenvalue weighted by molar-refractivity contribution is 0.415. The van der Waals surface area contributed by atoms with E-state index in [0.29, 0.717) is 0 Å². The van der Waals surface area contributed by atoms with Gasteiger partial charge in [0.15, 0.2) is 0 Å². The summed E-state index contributed by atoms with van der Waals surface area (Å²) in [5.74, 6) is 0.869. The molecule has 4 nitrogen and oxygen atoms in total. The van der Waals surface area contributed by atoms with E-state index in [1.54, 1.807) is 7.11 Å². The van der Waals surface area contributed by atoms with Crippen molar-refractivity contribution < 1.29 is 4.74 Å². The zero-order chi connectivity index (χ0) is 17.0. The molecule has 4 rings (SSSR count). The summed E-state index contributed by atoms with van der Waals surface area (Å²) in [5, 5.41) is 7.34. The molecule has 0 aliphatic rings. The van der Waals surface area contributed by atoms with E-state index in [9.17, 15) is 0 Å². The third-order valence-electron chi connectivity index (χ3n) is 5.08. The Hall–Kier alpha value is -2.75. The molecule has 0 atom stereocenters. The molecular weight excluding hydrogens is 298 g/mol. The number of aryl methyl sites for hydroxylation is 3. The van der Waals surface area contributed by atoms with Gasteiger partial charge in [-0.25, -0.2) is 4.52 Å². The van der Waals surface area contributed by atoms with E-state index in [2.05, 4.69) is 56.8 Å². The summed E-state index contributed by atoms with van der Waals surface area (Å²) in [6.07, 6.45) is 2.10. The molecule has 0 unspecified atom stereocenters. The molecule has 0 aliphatic heterocycles. The van der Waals surface area contributed by atoms with Gasteiger partial charge in [0.25, 0.3) is 0 Å². The van der Waals surface area contributed by atoms with E-state index in [1.165, 1.54) is 22.2 Å². The predicted octanol–water partition coefficient (Wildman–Crippen LogP) is 4.43. The van der Waals surface area contributed by atoms with Gasteiger partial charge in [-0.2, -0.15) is 5.10 Å². The third kappa shape index (κ3) is 1.96. The highest BCUT2D eigenvalue weighted by atomic mass is 16.5. The normalized spacial score (nSPS) is 11.5. The first-order valence-electron chi connectivity index (χ1n) is 8.10. The average molecular weight is 319 g/mol. The molecule has 122 valence electrons. The van der Waals surface area contributed by atoms with Crippen molar-refractivity contribution in [2.45, 2.75) is 20.8 Å². The summed E-state index contributed by atoms with van der Waals surface area (Å²) < 4.78 is 9.50. The predicted molar refractivity (Wildman–Crippen MR) is 97.9 cm³/mol. The molecule has 0 radical (unpaired) electrons. The van der Waals surface area contributed by atoms with Gasteiger partial charge in [-0.3, -0.25) is 0 Å². The maximum atomic E-state index is 5.25. The van der Waals surface area contributed by atoms with Gasteiger partial charge in [-0.15, -0.1) is 0 Å². The lowest BCUT2D eigenvalue weighted by Gasteiger charge is -2.01. The molecule has 1 aromatic carbocycles. The highest BCUT2D eigenvalue weighted by Gasteiger charge is 2.16. The van der Waals surface area contributed by atoms with E-state index in [0.717, 1.165) is 28.1 Å². The van der Waals surface area contributed by atoms with Crippen molar-refractivity contribution in [1.82, 2.24) is 14.2 Å². The largest absolute Gasteiger partial charge is 0.497 e. The summed E-state index contributed by atoms with van der Waals surface area (Å²) in [4.78, 5) is 0. The number of ether oxygens (including phenoxy) is 1. The minimum atomic E-state index is 0.869. The fraction of sp³-hybridized carbons (Fsp3) is 0.250. The molecule has 0 bridgehead atoms. The van der Waals surface area contributed by atoms with Crippen LogP contribution in [-0.4, -0.2) is 21.3 Å². The Morgan fingerprint density at radius 2 is 1.58 bits per heavy atom. The van der Waals surface area contributed by atoms with Crippen molar-refractivity contribution in [2.75, 3.05) is 7.11 Å². The van der Waals surface area contributed by atoms with E-state index in [1.807, 2.05) is 16.6 Å². The molecule has 24 heavy (non-hydrogen) atoms. The molecule has 4 heteroatoms. The van der Waals surface area contributed by atoms with Crippen molar-refractivity contribution in [3.63, 3.8) is 0 Å². The van der Waals surface area contributed by atoms with Gasteiger partial charge < -0.3 is 9.30 Å². The number of aromatic nitrogens is 3. The SMILES string of the molecule is COc1ccc(-c2cc3c4c(C)n(C)c(C)c4c(C)nn3c2)cc1. The van der Waals surface area contributed by atoms with Gasteiger partial charge in [-0.1, -0.05) is 12.1 Å². The molecule has 3 heterocycles. The number of fused-ring (bicyclic) bond motifs is 3. The zero-order valence-electron chi connectivity index (χ0n) is 14.7. The van der Waals surface area contributed by atoms with Crippen LogP contribution in [0.5, 0.6) is 5.75 Å². The van der Waals surface area contributed by atoms with Crippen LogP contribution in [-0.2, 0) is 7.05 Å². The number of hydrogen-bond donors (Lipinski definition) is 0. The van der Waals surface area contributed by atoms with Crippen LogP contribution in [0.2, 0.25) is 0 Å². The Kier molecular flexibility index (Phi) is 3.17. The fourth-order valence-electron chi connectivity index (χ4n) is 3.58. The molecule has 0 aliphatic carbocycles. The molecule has 0 amide bonds. The second-order valence-electron chi connectivity index (χ2n) is 6.35.